The van der Waals surface area contributed by atoms with Gasteiger partial charge in [0, 0.05) is 6.07 Å². The number of nitriles is 1. The monoisotopic (exact) mass is 386 g/mol. The highest BCUT2D eigenvalue weighted by Crippen LogP contribution is 2.27. The highest BCUT2D eigenvalue weighted by molar-refractivity contribution is 5.78. The van der Waals surface area contributed by atoms with Crippen molar-refractivity contribution in [2.24, 2.45) is 0 Å². The van der Waals surface area contributed by atoms with Gasteiger partial charge >= 0.3 is 0 Å². The molecule has 0 saturated heterocycles. The van der Waals surface area contributed by atoms with E-state index in [4.69, 9.17) is 14.7 Å². The molecule has 0 aliphatic carbocycles. The van der Waals surface area contributed by atoms with Crippen molar-refractivity contribution in [3.8, 4) is 17.6 Å². The second-order valence-corrected chi connectivity index (χ2v) is 6.49. The molecule has 1 atom stereocenters. The van der Waals surface area contributed by atoms with E-state index in [1.165, 1.54) is 7.11 Å². The van der Waals surface area contributed by atoms with Gasteiger partial charge in [-0.2, -0.15) is 5.26 Å². The average Bonchev–Trinajstić information content (AvgIpc) is 2.78. The van der Waals surface area contributed by atoms with Crippen molar-refractivity contribution in [2.45, 2.75) is 12.5 Å². The zero-order valence-corrected chi connectivity index (χ0v) is 16.2. The lowest BCUT2D eigenvalue weighted by Gasteiger charge is -2.20. The van der Waals surface area contributed by atoms with Crippen LogP contribution in [0.1, 0.15) is 22.7 Å². The highest BCUT2D eigenvalue weighted by Gasteiger charge is 2.16. The fourth-order valence-corrected chi connectivity index (χ4v) is 3.02. The lowest BCUT2D eigenvalue weighted by Crippen LogP contribution is -2.33. The Labute approximate surface area is 170 Å². The number of ether oxygens (including phenoxy) is 2. The molecule has 5 heteroatoms. The predicted molar refractivity (Wildman–Crippen MR) is 111 cm³/mol. The summed E-state index contributed by atoms with van der Waals surface area (Å²) in [5, 5.41) is 12.0. The van der Waals surface area contributed by atoms with E-state index in [0.717, 1.165) is 11.1 Å². The van der Waals surface area contributed by atoms with Gasteiger partial charge in [-0.05, 0) is 29.7 Å². The molecule has 0 radical (unpaired) electrons. The van der Waals surface area contributed by atoms with Crippen LogP contribution in [0.5, 0.6) is 11.5 Å². The molecule has 0 heterocycles. The first-order chi connectivity index (χ1) is 14.2. The fourth-order valence-electron chi connectivity index (χ4n) is 3.02. The van der Waals surface area contributed by atoms with E-state index in [1.807, 2.05) is 66.7 Å². The summed E-state index contributed by atoms with van der Waals surface area (Å²) in [6, 6.07) is 26.6. The quantitative estimate of drug-likeness (QED) is 0.634. The number of benzene rings is 3. The lowest BCUT2D eigenvalue weighted by molar-refractivity contribution is -0.123. The van der Waals surface area contributed by atoms with Crippen LogP contribution in [0.2, 0.25) is 0 Å². The Morgan fingerprint density at radius 3 is 2.34 bits per heavy atom. The second kappa shape index (κ2) is 9.95. The van der Waals surface area contributed by atoms with Crippen molar-refractivity contribution in [3.63, 3.8) is 0 Å². The number of methoxy groups -OCH3 is 1. The van der Waals surface area contributed by atoms with Crippen LogP contribution in [0.25, 0.3) is 0 Å². The number of carbonyl (C=O) groups is 1. The third-order valence-electron chi connectivity index (χ3n) is 4.47. The summed E-state index contributed by atoms with van der Waals surface area (Å²) >= 11 is 0. The van der Waals surface area contributed by atoms with Crippen LogP contribution in [0.3, 0.4) is 0 Å². The van der Waals surface area contributed by atoms with E-state index >= 15 is 0 Å². The number of carbonyl (C=O) groups excluding carboxylic acids is 1. The van der Waals surface area contributed by atoms with Crippen molar-refractivity contribution in [1.29, 1.82) is 5.26 Å². The molecule has 1 amide bonds. The molecule has 29 heavy (non-hydrogen) atoms. The van der Waals surface area contributed by atoms with Gasteiger partial charge in [0.25, 0.3) is 5.91 Å². The summed E-state index contributed by atoms with van der Waals surface area (Å²) < 4.78 is 10.9. The molecule has 3 rings (SSSR count). The fraction of sp³-hybridized carbons (Fsp3) is 0.167. The maximum absolute atomic E-state index is 12.6. The van der Waals surface area contributed by atoms with E-state index in [-0.39, 0.29) is 18.6 Å². The number of rotatable bonds is 8. The Morgan fingerprint density at radius 2 is 1.69 bits per heavy atom. The normalized spacial score (nSPS) is 11.2. The molecule has 0 aromatic heterocycles. The Hall–Kier alpha value is -3.78. The molecule has 0 fully saturated rings. The van der Waals surface area contributed by atoms with Gasteiger partial charge in [0.05, 0.1) is 24.8 Å². The standard InChI is InChI=1S/C24H22N2O3/c1-28-23-15-19(16-25)12-13-22(23)29-17-24(27)26-21(20-10-6-3-7-11-20)14-18-8-4-2-5-9-18/h2-13,15,21H,14,17H2,1H3,(H,26,27)/t21-/m1/s1. The van der Waals surface area contributed by atoms with Crippen LogP contribution >= 0.6 is 0 Å². The number of nitrogens with one attached hydrogen (secondary N) is 1. The van der Waals surface area contributed by atoms with Crippen molar-refractivity contribution in [3.05, 3.63) is 95.6 Å². The minimum absolute atomic E-state index is 0.152. The molecule has 1 N–H and O–H groups in total. The van der Waals surface area contributed by atoms with Crippen LogP contribution in [-0.2, 0) is 11.2 Å². The first kappa shape index (κ1) is 20.0. The summed E-state index contributed by atoms with van der Waals surface area (Å²) in [6.07, 6.45) is 0.677. The Kier molecular flexibility index (Phi) is 6.85. The summed E-state index contributed by atoms with van der Waals surface area (Å²) in [5.41, 5.74) is 2.63. The van der Waals surface area contributed by atoms with Gasteiger partial charge in [-0.15, -0.1) is 0 Å². The molecule has 5 nitrogen and oxygen atoms in total. The molecular formula is C24H22N2O3. The lowest BCUT2D eigenvalue weighted by atomic mass is 9.99. The van der Waals surface area contributed by atoms with Crippen LogP contribution in [-0.4, -0.2) is 19.6 Å². The summed E-state index contributed by atoms with van der Waals surface area (Å²) in [7, 11) is 1.49. The molecular weight excluding hydrogens is 364 g/mol. The van der Waals surface area contributed by atoms with Gasteiger partial charge in [-0.3, -0.25) is 4.79 Å². The van der Waals surface area contributed by atoms with E-state index in [1.54, 1.807) is 18.2 Å². The van der Waals surface area contributed by atoms with Crippen molar-refractivity contribution < 1.29 is 14.3 Å². The van der Waals surface area contributed by atoms with Gasteiger partial charge in [-0.25, -0.2) is 0 Å². The second-order valence-electron chi connectivity index (χ2n) is 6.49. The average molecular weight is 386 g/mol. The van der Waals surface area contributed by atoms with Gasteiger partial charge in [0.2, 0.25) is 0 Å². The highest BCUT2D eigenvalue weighted by atomic mass is 16.5. The number of nitrogens with zero attached hydrogens (tertiary/aromatic N) is 1. The Bertz CT molecular complexity index is 982. The summed E-state index contributed by atoms with van der Waals surface area (Å²) in [6.45, 7) is -0.152. The van der Waals surface area contributed by atoms with Gasteiger partial charge in [0.15, 0.2) is 18.1 Å². The number of hydrogen-bond donors (Lipinski definition) is 1. The van der Waals surface area contributed by atoms with E-state index in [2.05, 4.69) is 5.32 Å². The third kappa shape index (κ3) is 5.60. The van der Waals surface area contributed by atoms with Gasteiger partial charge < -0.3 is 14.8 Å². The van der Waals surface area contributed by atoms with Crippen molar-refractivity contribution >= 4 is 5.91 Å². The molecule has 0 bridgehead atoms. The molecule has 3 aromatic rings. The largest absolute Gasteiger partial charge is 0.493 e. The number of amides is 1. The van der Waals surface area contributed by atoms with Gasteiger partial charge in [-0.1, -0.05) is 60.7 Å². The first-order valence-electron chi connectivity index (χ1n) is 9.29. The maximum Gasteiger partial charge on any atom is 0.258 e. The molecule has 0 spiro atoms. The predicted octanol–water partition coefficient (Wildman–Crippen LogP) is 4.05. The van der Waals surface area contributed by atoms with Crippen LogP contribution in [0, 0.1) is 11.3 Å². The SMILES string of the molecule is COc1cc(C#N)ccc1OCC(=O)N[C@H](Cc1ccccc1)c1ccccc1. The minimum atomic E-state index is -0.235. The molecule has 0 aliphatic rings. The number of hydrogen-bond acceptors (Lipinski definition) is 4. The molecule has 146 valence electrons. The maximum atomic E-state index is 12.6. The zero-order valence-electron chi connectivity index (χ0n) is 16.2. The van der Waals surface area contributed by atoms with E-state index in [9.17, 15) is 4.79 Å². The Morgan fingerprint density at radius 1 is 1.00 bits per heavy atom. The van der Waals surface area contributed by atoms with Crippen molar-refractivity contribution in [1.82, 2.24) is 5.32 Å². The molecule has 0 aliphatic heterocycles. The van der Waals surface area contributed by atoms with E-state index < -0.39 is 0 Å². The third-order valence-corrected chi connectivity index (χ3v) is 4.47. The zero-order chi connectivity index (χ0) is 20.5. The smallest absolute Gasteiger partial charge is 0.258 e. The minimum Gasteiger partial charge on any atom is -0.493 e. The first-order valence-corrected chi connectivity index (χ1v) is 9.29. The molecule has 3 aromatic carbocycles. The summed E-state index contributed by atoms with van der Waals surface area (Å²) in [5.74, 6) is 0.600. The van der Waals surface area contributed by atoms with Crippen molar-refractivity contribution in [2.75, 3.05) is 13.7 Å². The molecule has 0 unspecified atom stereocenters. The summed E-state index contributed by atoms with van der Waals surface area (Å²) in [4.78, 5) is 12.6. The van der Waals surface area contributed by atoms with E-state index in [0.29, 0.717) is 23.5 Å². The molecule has 0 saturated carbocycles. The topological polar surface area (TPSA) is 71.3 Å². The van der Waals surface area contributed by atoms with Crippen LogP contribution in [0.4, 0.5) is 0 Å². The van der Waals surface area contributed by atoms with Crippen LogP contribution < -0.4 is 14.8 Å². The van der Waals surface area contributed by atoms with Gasteiger partial charge in [0.1, 0.15) is 0 Å². The van der Waals surface area contributed by atoms with Crippen LogP contribution in [0.15, 0.2) is 78.9 Å². The Balaban J connectivity index is 1.68.